The van der Waals surface area contributed by atoms with Crippen LogP contribution in [0, 0.1) is 0 Å². The summed E-state index contributed by atoms with van der Waals surface area (Å²) in [5, 5.41) is 12.5. The van der Waals surface area contributed by atoms with E-state index in [1.807, 2.05) is 0 Å². The van der Waals surface area contributed by atoms with Crippen LogP contribution < -0.4 is 10.1 Å². The number of hydrogen-bond acceptors (Lipinski definition) is 4. The number of hydrogen-bond donors (Lipinski definition) is 2. The summed E-state index contributed by atoms with van der Waals surface area (Å²) < 4.78 is 5.30. The van der Waals surface area contributed by atoms with Gasteiger partial charge in [-0.05, 0) is 37.6 Å². The minimum atomic E-state index is -0.920. The van der Waals surface area contributed by atoms with Gasteiger partial charge < -0.3 is 20.1 Å². The van der Waals surface area contributed by atoms with Crippen molar-refractivity contribution in [1.29, 1.82) is 0 Å². The average Bonchev–Trinajstić information content (AvgIpc) is 2.48. The highest BCUT2D eigenvalue weighted by Crippen LogP contribution is 2.28. The van der Waals surface area contributed by atoms with E-state index in [2.05, 4.69) is 17.1 Å². The van der Waals surface area contributed by atoms with Gasteiger partial charge in [0.15, 0.2) is 0 Å². The predicted molar refractivity (Wildman–Crippen MR) is 78.7 cm³/mol. The van der Waals surface area contributed by atoms with E-state index in [4.69, 9.17) is 9.84 Å². The molecule has 2 rings (SSSR count). The minimum Gasteiger partial charge on any atom is -0.495 e. The summed E-state index contributed by atoms with van der Waals surface area (Å²) in [4.78, 5) is 13.5. The van der Waals surface area contributed by atoms with Gasteiger partial charge in [-0.15, -0.1) is 0 Å². The summed E-state index contributed by atoms with van der Waals surface area (Å²) in [5.41, 5.74) is 1.04. The van der Waals surface area contributed by atoms with Crippen LogP contribution in [0.5, 0.6) is 5.75 Å². The Balaban J connectivity index is 2.08. The molecule has 5 nitrogen and oxygen atoms in total. The SMILES string of the molecule is CCN1CCC(Nc2cc(C(=O)O)ccc2OC)CC1. The van der Waals surface area contributed by atoms with E-state index < -0.39 is 5.97 Å². The molecular formula is C15H22N2O3. The van der Waals surface area contributed by atoms with Gasteiger partial charge in [-0.2, -0.15) is 0 Å². The number of rotatable bonds is 5. The van der Waals surface area contributed by atoms with Gasteiger partial charge in [0.2, 0.25) is 0 Å². The standard InChI is InChI=1S/C15H22N2O3/c1-3-17-8-6-12(7-9-17)16-13-10-11(15(18)19)4-5-14(13)20-2/h4-5,10,12,16H,3,6-9H2,1-2H3,(H,18,19). The molecule has 1 saturated heterocycles. The lowest BCUT2D eigenvalue weighted by molar-refractivity contribution is 0.0697. The van der Waals surface area contributed by atoms with Crippen molar-refractivity contribution in [3.05, 3.63) is 23.8 Å². The fourth-order valence-electron chi connectivity index (χ4n) is 2.57. The van der Waals surface area contributed by atoms with E-state index in [-0.39, 0.29) is 5.56 Å². The Kier molecular flexibility index (Phi) is 4.84. The highest BCUT2D eigenvalue weighted by molar-refractivity contribution is 5.89. The molecule has 0 amide bonds. The second kappa shape index (κ2) is 6.61. The average molecular weight is 278 g/mol. The molecule has 1 aromatic rings. The molecule has 0 aliphatic carbocycles. The smallest absolute Gasteiger partial charge is 0.335 e. The van der Waals surface area contributed by atoms with Crippen LogP contribution in [-0.4, -0.2) is 48.8 Å². The number of carbonyl (C=O) groups is 1. The van der Waals surface area contributed by atoms with Gasteiger partial charge in [-0.3, -0.25) is 0 Å². The van der Waals surface area contributed by atoms with E-state index in [9.17, 15) is 4.79 Å². The Bertz CT molecular complexity index is 468. The Labute approximate surface area is 119 Å². The van der Waals surface area contributed by atoms with Crippen LogP contribution in [0.3, 0.4) is 0 Å². The monoisotopic (exact) mass is 278 g/mol. The highest BCUT2D eigenvalue weighted by atomic mass is 16.5. The zero-order valence-corrected chi connectivity index (χ0v) is 12.1. The summed E-state index contributed by atoms with van der Waals surface area (Å²) in [6, 6.07) is 5.28. The van der Waals surface area contributed by atoms with Crippen molar-refractivity contribution >= 4 is 11.7 Å². The molecule has 5 heteroatoms. The third kappa shape index (κ3) is 3.42. The highest BCUT2D eigenvalue weighted by Gasteiger charge is 2.19. The van der Waals surface area contributed by atoms with Crippen LogP contribution in [-0.2, 0) is 0 Å². The first-order valence-corrected chi connectivity index (χ1v) is 7.04. The fraction of sp³-hybridized carbons (Fsp3) is 0.533. The Hall–Kier alpha value is -1.75. The molecule has 110 valence electrons. The van der Waals surface area contributed by atoms with Gasteiger partial charge in [0, 0.05) is 19.1 Å². The lowest BCUT2D eigenvalue weighted by Crippen LogP contribution is -2.38. The van der Waals surface area contributed by atoms with Gasteiger partial charge >= 0.3 is 5.97 Å². The molecule has 0 aromatic heterocycles. The maximum absolute atomic E-state index is 11.1. The lowest BCUT2D eigenvalue weighted by atomic mass is 10.0. The van der Waals surface area contributed by atoms with E-state index in [1.54, 1.807) is 25.3 Å². The van der Waals surface area contributed by atoms with Crippen LogP contribution in [0.25, 0.3) is 0 Å². The first-order chi connectivity index (χ1) is 9.63. The largest absolute Gasteiger partial charge is 0.495 e. The predicted octanol–water partition coefficient (Wildman–Crippen LogP) is 2.29. The molecule has 0 radical (unpaired) electrons. The van der Waals surface area contributed by atoms with Crippen molar-refractivity contribution in [2.45, 2.75) is 25.8 Å². The molecule has 0 bridgehead atoms. The number of nitrogens with one attached hydrogen (secondary N) is 1. The normalized spacial score (nSPS) is 16.9. The first kappa shape index (κ1) is 14.7. The van der Waals surface area contributed by atoms with Crippen molar-refractivity contribution < 1.29 is 14.6 Å². The molecule has 1 heterocycles. The van der Waals surface area contributed by atoms with Gasteiger partial charge in [0.25, 0.3) is 0 Å². The van der Waals surface area contributed by atoms with E-state index in [0.717, 1.165) is 38.2 Å². The van der Waals surface area contributed by atoms with Gasteiger partial charge in [0.1, 0.15) is 5.75 Å². The first-order valence-electron chi connectivity index (χ1n) is 7.04. The van der Waals surface area contributed by atoms with Gasteiger partial charge in [-0.25, -0.2) is 4.79 Å². The summed E-state index contributed by atoms with van der Waals surface area (Å²) in [6.45, 7) is 5.42. The molecule has 20 heavy (non-hydrogen) atoms. The van der Waals surface area contributed by atoms with Crippen LogP contribution in [0.2, 0.25) is 0 Å². The quantitative estimate of drug-likeness (QED) is 0.865. The molecule has 1 aliphatic heterocycles. The van der Waals surface area contributed by atoms with E-state index in [0.29, 0.717) is 11.8 Å². The zero-order valence-electron chi connectivity index (χ0n) is 12.1. The summed E-state index contributed by atoms with van der Waals surface area (Å²) in [7, 11) is 1.60. The molecule has 1 fully saturated rings. The number of nitrogens with zero attached hydrogens (tertiary/aromatic N) is 1. The van der Waals surface area contributed by atoms with Crippen LogP contribution in [0.1, 0.15) is 30.1 Å². The summed E-state index contributed by atoms with van der Waals surface area (Å²) >= 11 is 0. The van der Waals surface area contributed by atoms with Crippen molar-refractivity contribution in [3.8, 4) is 5.75 Å². The van der Waals surface area contributed by atoms with Gasteiger partial charge in [0.05, 0.1) is 18.4 Å². The second-order valence-electron chi connectivity index (χ2n) is 5.07. The molecule has 0 saturated carbocycles. The molecule has 0 spiro atoms. The van der Waals surface area contributed by atoms with Crippen molar-refractivity contribution in [3.63, 3.8) is 0 Å². The Morgan fingerprint density at radius 1 is 1.45 bits per heavy atom. The van der Waals surface area contributed by atoms with Crippen molar-refractivity contribution in [1.82, 2.24) is 4.90 Å². The van der Waals surface area contributed by atoms with Crippen LogP contribution >= 0.6 is 0 Å². The number of ether oxygens (including phenoxy) is 1. The fourth-order valence-corrected chi connectivity index (χ4v) is 2.57. The second-order valence-corrected chi connectivity index (χ2v) is 5.07. The van der Waals surface area contributed by atoms with Crippen molar-refractivity contribution in [2.24, 2.45) is 0 Å². The molecule has 0 atom stereocenters. The van der Waals surface area contributed by atoms with Crippen LogP contribution in [0.15, 0.2) is 18.2 Å². The molecule has 0 unspecified atom stereocenters. The maximum atomic E-state index is 11.1. The lowest BCUT2D eigenvalue weighted by Gasteiger charge is -2.32. The number of carboxylic acids is 1. The molecular weight excluding hydrogens is 256 g/mol. The minimum absolute atomic E-state index is 0.277. The number of aromatic carboxylic acids is 1. The number of methoxy groups -OCH3 is 1. The topological polar surface area (TPSA) is 61.8 Å². The Morgan fingerprint density at radius 2 is 2.15 bits per heavy atom. The Morgan fingerprint density at radius 3 is 2.70 bits per heavy atom. The third-order valence-electron chi connectivity index (χ3n) is 3.84. The zero-order chi connectivity index (χ0) is 14.5. The van der Waals surface area contributed by atoms with Gasteiger partial charge in [-0.1, -0.05) is 6.92 Å². The van der Waals surface area contributed by atoms with E-state index in [1.165, 1.54) is 0 Å². The number of piperidine rings is 1. The molecule has 1 aromatic carbocycles. The molecule has 2 N–H and O–H groups in total. The third-order valence-corrected chi connectivity index (χ3v) is 3.84. The van der Waals surface area contributed by atoms with Crippen molar-refractivity contribution in [2.75, 3.05) is 32.1 Å². The number of likely N-dealkylation sites (tertiary alicyclic amines) is 1. The summed E-state index contributed by atoms with van der Waals surface area (Å²) in [5.74, 6) is -0.232. The number of anilines is 1. The van der Waals surface area contributed by atoms with Crippen LogP contribution in [0.4, 0.5) is 5.69 Å². The number of benzene rings is 1. The van der Waals surface area contributed by atoms with E-state index >= 15 is 0 Å². The summed E-state index contributed by atoms with van der Waals surface area (Å²) in [6.07, 6.45) is 2.13. The maximum Gasteiger partial charge on any atom is 0.335 e. The number of carboxylic acid groups (broad SMARTS) is 1. The molecule has 1 aliphatic rings.